The molecule has 14 heavy (non-hydrogen) atoms. The van der Waals surface area contributed by atoms with Crippen LogP contribution in [-0.2, 0) is 0 Å². The van der Waals surface area contributed by atoms with E-state index in [1.807, 2.05) is 0 Å². The lowest BCUT2D eigenvalue weighted by molar-refractivity contribution is 0.242. The average molecular weight is 216 g/mol. The number of rotatable bonds is 6. The molecule has 2 nitrogen and oxygen atoms in total. The fourth-order valence-electron chi connectivity index (χ4n) is 1.73. The predicted octanol–water partition coefficient (Wildman–Crippen LogP) is 1.80. The molecule has 1 rings (SSSR count). The van der Waals surface area contributed by atoms with Gasteiger partial charge in [-0.05, 0) is 44.1 Å². The van der Waals surface area contributed by atoms with Crippen molar-refractivity contribution in [3.63, 3.8) is 0 Å². The quantitative estimate of drug-likeness (QED) is 0.687. The zero-order valence-corrected chi connectivity index (χ0v) is 10.2. The van der Waals surface area contributed by atoms with Crippen molar-refractivity contribution < 1.29 is 0 Å². The molecule has 1 atom stereocenters. The first kappa shape index (κ1) is 12.3. The first-order valence-electron chi connectivity index (χ1n) is 5.83. The van der Waals surface area contributed by atoms with E-state index >= 15 is 0 Å². The third-order valence-electron chi connectivity index (χ3n) is 2.81. The summed E-state index contributed by atoms with van der Waals surface area (Å²) in [5.74, 6) is 3.19. The summed E-state index contributed by atoms with van der Waals surface area (Å²) in [6, 6.07) is 0. The van der Waals surface area contributed by atoms with Crippen LogP contribution in [0, 0.1) is 5.92 Å². The lowest BCUT2D eigenvalue weighted by Gasteiger charge is -2.26. The molecule has 0 spiro atoms. The normalized spacial score (nSPS) is 21.0. The van der Waals surface area contributed by atoms with Crippen molar-refractivity contribution in [1.82, 2.24) is 4.90 Å². The summed E-state index contributed by atoms with van der Waals surface area (Å²) in [5.41, 5.74) is 5.57. The second-order valence-electron chi connectivity index (χ2n) is 4.32. The van der Waals surface area contributed by atoms with Crippen LogP contribution in [0.5, 0.6) is 0 Å². The molecule has 1 unspecified atom stereocenters. The molecule has 0 bridgehead atoms. The van der Waals surface area contributed by atoms with E-state index in [0.29, 0.717) is 5.92 Å². The standard InChI is InChI=1S/C11H24N2S/c1-11(9-12)10-14-8-7-13-5-3-2-4-6-13/h11H,2-10,12H2,1H3. The first-order valence-corrected chi connectivity index (χ1v) is 6.98. The van der Waals surface area contributed by atoms with Crippen molar-refractivity contribution in [2.45, 2.75) is 26.2 Å². The summed E-state index contributed by atoms with van der Waals surface area (Å²) < 4.78 is 0. The lowest BCUT2D eigenvalue weighted by Crippen LogP contribution is -2.31. The SMILES string of the molecule is CC(CN)CSCCN1CCCCC1. The molecule has 84 valence electrons. The van der Waals surface area contributed by atoms with Crippen LogP contribution in [0.3, 0.4) is 0 Å². The molecule has 1 fully saturated rings. The molecule has 0 saturated carbocycles. The van der Waals surface area contributed by atoms with Crippen molar-refractivity contribution in [1.29, 1.82) is 0 Å². The van der Waals surface area contributed by atoms with Gasteiger partial charge < -0.3 is 10.6 Å². The fraction of sp³-hybridized carbons (Fsp3) is 1.00. The van der Waals surface area contributed by atoms with Gasteiger partial charge in [0, 0.05) is 12.3 Å². The van der Waals surface area contributed by atoms with Gasteiger partial charge in [-0.25, -0.2) is 0 Å². The van der Waals surface area contributed by atoms with Crippen LogP contribution >= 0.6 is 11.8 Å². The Morgan fingerprint density at radius 2 is 2.00 bits per heavy atom. The molecular weight excluding hydrogens is 192 g/mol. The van der Waals surface area contributed by atoms with Crippen LogP contribution in [0.2, 0.25) is 0 Å². The Hall–Kier alpha value is 0.270. The molecule has 2 N–H and O–H groups in total. The van der Waals surface area contributed by atoms with Gasteiger partial charge >= 0.3 is 0 Å². The van der Waals surface area contributed by atoms with Gasteiger partial charge in [0.15, 0.2) is 0 Å². The molecule has 1 aliphatic rings. The molecule has 0 aromatic heterocycles. The minimum atomic E-state index is 0.682. The van der Waals surface area contributed by atoms with Gasteiger partial charge in [0.2, 0.25) is 0 Å². The number of thioether (sulfide) groups is 1. The second kappa shape index (κ2) is 7.55. The summed E-state index contributed by atoms with van der Waals surface area (Å²) in [5, 5.41) is 0. The second-order valence-corrected chi connectivity index (χ2v) is 5.47. The molecule has 3 heteroatoms. The number of nitrogens with two attached hydrogens (primary N) is 1. The molecule has 1 saturated heterocycles. The fourth-order valence-corrected chi connectivity index (χ4v) is 2.82. The maximum atomic E-state index is 5.57. The maximum absolute atomic E-state index is 5.57. The number of hydrogen-bond donors (Lipinski definition) is 1. The highest BCUT2D eigenvalue weighted by atomic mass is 32.2. The van der Waals surface area contributed by atoms with Gasteiger partial charge in [0.25, 0.3) is 0 Å². The highest BCUT2D eigenvalue weighted by Gasteiger charge is 2.09. The highest BCUT2D eigenvalue weighted by Crippen LogP contribution is 2.11. The zero-order chi connectivity index (χ0) is 10.2. The Morgan fingerprint density at radius 1 is 1.29 bits per heavy atom. The van der Waals surface area contributed by atoms with Crippen molar-refractivity contribution in [2.24, 2.45) is 11.7 Å². The minimum Gasteiger partial charge on any atom is -0.330 e. The summed E-state index contributed by atoms with van der Waals surface area (Å²) in [6.07, 6.45) is 4.25. The molecule has 0 aromatic carbocycles. The number of piperidine rings is 1. The Balaban J connectivity index is 1.92. The third-order valence-corrected chi connectivity index (χ3v) is 4.08. The van der Waals surface area contributed by atoms with Crippen LogP contribution in [0.25, 0.3) is 0 Å². The van der Waals surface area contributed by atoms with Crippen LogP contribution in [0.15, 0.2) is 0 Å². The number of nitrogens with zero attached hydrogens (tertiary/aromatic N) is 1. The summed E-state index contributed by atoms with van der Waals surface area (Å²) >= 11 is 2.06. The molecule has 0 radical (unpaired) electrons. The average Bonchev–Trinajstić information content (AvgIpc) is 2.25. The molecule has 0 aliphatic carbocycles. The zero-order valence-electron chi connectivity index (χ0n) is 9.37. The number of hydrogen-bond acceptors (Lipinski definition) is 3. The third kappa shape index (κ3) is 5.23. The van der Waals surface area contributed by atoms with Crippen molar-refractivity contribution in [3.8, 4) is 0 Å². The molecule has 0 aromatic rings. The molecule has 0 amide bonds. The van der Waals surface area contributed by atoms with Gasteiger partial charge in [0.05, 0.1) is 0 Å². The minimum absolute atomic E-state index is 0.682. The Kier molecular flexibility index (Phi) is 6.65. The van der Waals surface area contributed by atoms with Crippen molar-refractivity contribution in [2.75, 3.05) is 37.7 Å². The molecule has 1 heterocycles. The topological polar surface area (TPSA) is 29.3 Å². The van der Waals surface area contributed by atoms with E-state index in [1.165, 1.54) is 50.4 Å². The van der Waals surface area contributed by atoms with Gasteiger partial charge in [-0.15, -0.1) is 0 Å². The summed E-state index contributed by atoms with van der Waals surface area (Å²) in [7, 11) is 0. The van der Waals surface area contributed by atoms with Gasteiger partial charge in [-0.2, -0.15) is 11.8 Å². The monoisotopic (exact) mass is 216 g/mol. The number of likely N-dealkylation sites (tertiary alicyclic amines) is 1. The smallest absolute Gasteiger partial charge is 0.00723 e. The van der Waals surface area contributed by atoms with E-state index in [1.54, 1.807) is 0 Å². The van der Waals surface area contributed by atoms with Crippen LogP contribution in [0.4, 0.5) is 0 Å². The van der Waals surface area contributed by atoms with Gasteiger partial charge in [0.1, 0.15) is 0 Å². The Bertz CT molecular complexity index is 135. The molecular formula is C11H24N2S. The van der Waals surface area contributed by atoms with Crippen LogP contribution in [0.1, 0.15) is 26.2 Å². The van der Waals surface area contributed by atoms with E-state index in [9.17, 15) is 0 Å². The summed E-state index contributed by atoms with van der Waals surface area (Å²) in [6.45, 7) is 6.99. The molecule has 1 aliphatic heterocycles. The van der Waals surface area contributed by atoms with Gasteiger partial charge in [-0.3, -0.25) is 0 Å². The predicted molar refractivity (Wildman–Crippen MR) is 65.8 cm³/mol. The Labute approximate surface area is 92.6 Å². The van der Waals surface area contributed by atoms with E-state index in [0.717, 1.165) is 6.54 Å². The lowest BCUT2D eigenvalue weighted by atomic mass is 10.1. The van der Waals surface area contributed by atoms with Crippen LogP contribution in [-0.4, -0.2) is 42.6 Å². The van der Waals surface area contributed by atoms with E-state index in [4.69, 9.17) is 5.73 Å². The van der Waals surface area contributed by atoms with E-state index in [-0.39, 0.29) is 0 Å². The highest BCUT2D eigenvalue weighted by molar-refractivity contribution is 7.99. The largest absolute Gasteiger partial charge is 0.330 e. The summed E-state index contributed by atoms with van der Waals surface area (Å²) in [4.78, 5) is 2.60. The van der Waals surface area contributed by atoms with E-state index in [2.05, 4.69) is 23.6 Å². The van der Waals surface area contributed by atoms with Gasteiger partial charge in [-0.1, -0.05) is 13.3 Å². The van der Waals surface area contributed by atoms with Crippen molar-refractivity contribution in [3.05, 3.63) is 0 Å². The maximum Gasteiger partial charge on any atom is 0.00723 e. The van der Waals surface area contributed by atoms with E-state index < -0.39 is 0 Å². The Morgan fingerprint density at radius 3 is 2.64 bits per heavy atom. The van der Waals surface area contributed by atoms with Crippen molar-refractivity contribution >= 4 is 11.8 Å². The van der Waals surface area contributed by atoms with Crippen LogP contribution < -0.4 is 5.73 Å². The first-order chi connectivity index (χ1) is 6.83.